The lowest BCUT2D eigenvalue weighted by Crippen LogP contribution is -2.53. The lowest BCUT2D eigenvalue weighted by atomic mass is 9.90. The second-order valence-corrected chi connectivity index (χ2v) is 6.68. The highest BCUT2D eigenvalue weighted by atomic mass is 16.5. The van der Waals surface area contributed by atoms with E-state index in [9.17, 15) is 4.79 Å². The first-order valence-corrected chi connectivity index (χ1v) is 8.50. The summed E-state index contributed by atoms with van der Waals surface area (Å²) in [5, 5.41) is 3.32. The zero-order valence-corrected chi connectivity index (χ0v) is 14.2. The van der Waals surface area contributed by atoms with Crippen LogP contribution in [0.25, 0.3) is 0 Å². The van der Waals surface area contributed by atoms with E-state index in [2.05, 4.69) is 5.32 Å². The normalized spacial score (nSPS) is 19.5. The molecule has 0 aromatic heterocycles. The molecule has 4 heteroatoms. The van der Waals surface area contributed by atoms with Crippen LogP contribution in [0.2, 0.25) is 0 Å². The highest BCUT2D eigenvalue weighted by Crippen LogP contribution is 2.24. The van der Waals surface area contributed by atoms with Gasteiger partial charge < -0.3 is 9.47 Å². The molecule has 1 rings (SSSR count). The Kier molecular flexibility index (Phi) is 8.27. The van der Waals surface area contributed by atoms with Crippen molar-refractivity contribution in [2.75, 3.05) is 19.8 Å². The fraction of sp³-hybridized carbons (Fsp3) is 0.941. The smallest absolute Gasteiger partial charge is 0.326 e. The Labute approximate surface area is 130 Å². The summed E-state index contributed by atoms with van der Waals surface area (Å²) in [4.78, 5) is 12.2. The Morgan fingerprint density at radius 1 is 1.29 bits per heavy atom. The largest absolute Gasteiger partial charge is 0.465 e. The molecule has 1 unspecified atom stereocenters. The monoisotopic (exact) mass is 299 g/mol. The zero-order valence-electron chi connectivity index (χ0n) is 14.2. The quantitative estimate of drug-likeness (QED) is 0.524. The summed E-state index contributed by atoms with van der Waals surface area (Å²) >= 11 is 0. The van der Waals surface area contributed by atoms with Gasteiger partial charge in [0.1, 0.15) is 5.54 Å². The standard InChI is InChI=1S/C17H33NO3/c1-5-21-16(19)17(4,18-14(2)3)11-12-20-13-15-9-7-6-8-10-15/h14-15,18H,5-13H2,1-4H3. The predicted octanol–water partition coefficient (Wildman–Crippen LogP) is 3.29. The topological polar surface area (TPSA) is 47.6 Å². The third-order valence-electron chi connectivity index (χ3n) is 4.16. The summed E-state index contributed by atoms with van der Waals surface area (Å²) in [5.41, 5.74) is -0.656. The van der Waals surface area contributed by atoms with Crippen LogP contribution in [0.4, 0.5) is 0 Å². The molecule has 4 nitrogen and oxygen atoms in total. The first kappa shape index (κ1) is 18.4. The van der Waals surface area contributed by atoms with Crippen LogP contribution in [0.1, 0.15) is 66.2 Å². The molecule has 1 aliphatic rings. The molecule has 0 heterocycles. The average molecular weight is 299 g/mol. The molecule has 0 aromatic rings. The number of nitrogens with one attached hydrogen (secondary N) is 1. The van der Waals surface area contributed by atoms with Crippen LogP contribution >= 0.6 is 0 Å². The van der Waals surface area contributed by atoms with E-state index in [0.717, 1.165) is 6.61 Å². The molecule has 124 valence electrons. The Morgan fingerprint density at radius 2 is 1.95 bits per heavy atom. The van der Waals surface area contributed by atoms with E-state index in [0.29, 0.717) is 25.6 Å². The van der Waals surface area contributed by atoms with Crippen LogP contribution in [0.15, 0.2) is 0 Å². The van der Waals surface area contributed by atoms with Crippen LogP contribution in [-0.2, 0) is 14.3 Å². The molecule has 0 aliphatic heterocycles. The maximum atomic E-state index is 12.2. The van der Waals surface area contributed by atoms with Gasteiger partial charge in [0.05, 0.1) is 6.61 Å². The number of carbonyl (C=O) groups is 1. The minimum Gasteiger partial charge on any atom is -0.465 e. The van der Waals surface area contributed by atoms with E-state index in [1.165, 1.54) is 32.1 Å². The van der Waals surface area contributed by atoms with E-state index in [1.807, 2.05) is 27.7 Å². The minimum absolute atomic E-state index is 0.181. The van der Waals surface area contributed by atoms with Crippen LogP contribution in [0.3, 0.4) is 0 Å². The number of hydrogen-bond donors (Lipinski definition) is 1. The number of ether oxygens (including phenoxy) is 2. The van der Waals surface area contributed by atoms with Gasteiger partial charge in [0.15, 0.2) is 0 Å². The molecule has 0 radical (unpaired) electrons. The fourth-order valence-corrected chi connectivity index (χ4v) is 3.04. The molecule has 0 amide bonds. The lowest BCUT2D eigenvalue weighted by molar-refractivity contribution is -0.151. The third kappa shape index (κ3) is 6.79. The SMILES string of the molecule is CCOC(=O)C(C)(CCOCC1CCCCC1)NC(C)C. The van der Waals surface area contributed by atoms with Crippen molar-refractivity contribution in [2.45, 2.75) is 77.8 Å². The first-order valence-electron chi connectivity index (χ1n) is 8.50. The molecule has 0 spiro atoms. The van der Waals surface area contributed by atoms with Crippen LogP contribution in [-0.4, -0.2) is 37.4 Å². The second-order valence-electron chi connectivity index (χ2n) is 6.68. The van der Waals surface area contributed by atoms with Gasteiger partial charge >= 0.3 is 5.97 Å². The molecule has 0 bridgehead atoms. The van der Waals surface area contributed by atoms with Crippen molar-refractivity contribution in [1.29, 1.82) is 0 Å². The van der Waals surface area contributed by atoms with Crippen molar-refractivity contribution in [3.63, 3.8) is 0 Å². The highest BCUT2D eigenvalue weighted by molar-refractivity contribution is 5.80. The molecule has 21 heavy (non-hydrogen) atoms. The number of rotatable bonds is 9. The van der Waals surface area contributed by atoms with Crippen molar-refractivity contribution >= 4 is 5.97 Å². The summed E-state index contributed by atoms with van der Waals surface area (Å²) in [6, 6.07) is 0.234. The van der Waals surface area contributed by atoms with Gasteiger partial charge in [0, 0.05) is 19.3 Å². The maximum Gasteiger partial charge on any atom is 0.326 e. The van der Waals surface area contributed by atoms with Gasteiger partial charge in [-0.05, 0) is 52.9 Å². The molecule has 1 N–H and O–H groups in total. The third-order valence-corrected chi connectivity index (χ3v) is 4.16. The van der Waals surface area contributed by atoms with Crippen molar-refractivity contribution in [1.82, 2.24) is 5.32 Å². The van der Waals surface area contributed by atoms with Gasteiger partial charge in [-0.3, -0.25) is 10.1 Å². The van der Waals surface area contributed by atoms with E-state index >= 15 is 0 Å². The Hall–Kier alpha value is -0.610. The van der Waals surface area contributed by atoms with Crippen molar-refractivity contribution in [2.24, 2.45) is 5.92 Å². The predicted molar refractivity (Wildman–Crippen MR) is 85.3 cm³/mol. The molecule has 1 saturated carbocycles. The van der Waals surface area contributed by atoms with Gasteiger partial charge in [-0.25, -0.2) is 0 Å². The van der Waals surface area contributed by atoms with E-state index < -0.39 is 5.54 Å². The zero-order chi connectivity index (χ0) is 15.7. The van der Waals surface area contributed by atoms with Crippen molar-refractivity contribution in [3.05, 3.63) is 0 Å². The number of esters is 1. The number of carbonyl (C=O) groups excluding carboxylic acids is 1. The van der Waals surface area contributed by atoms with Gasteiger partial charge in [0.2, 0.25) is 0 Å². The number of hydrogen-bond acceptors (Lipinski definition) is 4. The molecule has 0 saturated heterocycles. The van der Waals surface area contributed by atoms with Crippen molar-refractivity contribution < 1.29 is 14.3 Å². The summed E-state index contributed by atoms with van der Waals surface area (Å²) in [6.07, 6.45) is 7.28. The first-order chi connectivity index (χ1) is 9.98. The highest BCUT2D eigenvalue weighted by Gasteiger charge is 2.34. The maximum absolute atomic E-state index is 12.2. The summed E-state index contributed by atoms with van der Waals surface area (Å²) < 4.78 is 11.0. The van der Waals surface area contributed by atoms with Crippen LogP contribution in [0.5, 0.6) is 0 Å². The molecular formula is C17H33NO3. The summed E-state index contributed by atoms with van der Waals surface area (Å²) in [6.45, 7) is 9.69. The Balaban J connectivity index is 2.36. The average Bonchev–Trinajstić information content (AvgIpc) is 2.44. The summed E-state index contributed by atoms with van der Waals surface area (Å²) in [7, 11) is 0. The fourth-order valence-electron chi connectivity index (χ4n) is 3.04. The minimum atomic E-state index is -0.656. The Bertz CT molecular complexity index is 300. The van der Waals surface area contributed by atoms with E-state index in [-0.39, 0.29) is 12.0 Å². The van der Waals surface area contributed by atoms with Crippen molar-refractivity contribution in [3.8, 4) is 0 Å². The summed E-state index contributed by atoms with van der Waals surface area (Å²) in [5.74, 6) is 0.533. The van der Waals surface area contributed by atoms with Crippen LogP contribution < -0.4 is 5.32 Å². The van der Waals surface area contributed by atoms with Gasteiger partial charge in [-0.1, -0.05) is 19.3 Å². The Morgan fingerprint density at radius 3 is 2.52 bits per heavy atom. The van der Waals surface area contributed by atoms with Crippen LogP contribution in [0, 0.1) is 5.92 Å². The van der Waals surface area contributed by atoms with E-state index in [1.54, 1.807) is 0 Å². The molecular weight excluding hydrogens is 266 g/mol. The molecule has 1 aliphatic carbocycles. The van der Waals surface area contributed by atoms with Gasteiger partial charge in [0.25, 0.3) is 0 Å². The molecule has 1 atom stereocenters. The van der Waals surface area contributed by atoms with Gasteiger partial charge in [-0.2, -0.15) is 0 Å². The second kappa shape index (κ2) is 9.42. The molecule has 0 aromatic carbocycles. The van der Waals surface area contributed by atoms with E-state index in [4.69, 9.17) is 9.47 Å². The van der Waals surface area contributed by atoms with Gasteiger partial charge in [-0.15, -0.1) is 0 Å². The lowest BCUT2D eigenvalue weighted by Gasteiger charge is -2.31. The molecule has 1 fully saturated rings.